The molecular weight excluding hydrogens is 475 g/mol. The number of carbonyl (C=O) groups is 3. The highest BCUT2D eigenvalue weighted by Crippen LogP contribution is 2.34. The van der Waals surface area contributed by atoms with Gasteiger partial charge in [0.15, 0.2) is 5.92 Å². The van der Waals surface area contributed by atoms with E-state index < -0.39 is 42.1 Å². The van der Waals surface area contributed by atoms with Crippen LogP contribution in [0.3, 0.4) is 0 Å². The third-order valence-corrected chi connectivity index (χ3v) is 6.30. The van der Waals surface area contributed by atoms with Crippen molar-refractivity contribution in [2.75, 3.05) is 18.1 Å². The predicted molar refractivity (Wildman–Crippen MR) is 126 cm³/mol. The molecule has 1 aliphatic rings. The number of anilines is 1. The van der Waals surface area contributed by atoms with Crippen molar-refractivity contribution in [1.82, 2.24) is 9.88 Å². The molecule has 2 heterocycles. The Morgan fingerprint density at radius 3 is 2.58 bits per heavy atom. The Bertz CT molecular complexity index is 1360. The molecular formula is C26H24F3N3O4. The zero-order valence-corrected chi connectivity index (χ0v) is 19.9. The van der Waals surface area contributed by atoms with Gasteiger partial charge in [-0.1, -0.05) is 18.2 Å². The summed E-state index contributed by atoms with van der Waals surface area (Å²) in [7, 11) is 0. The fraction of sp³-hybridized carbons (Fsp3) is 0.308. The van der Waals surface area contributed by atoms with Crippen molar-refractivity contribution in [2.45, 2.75) is 33.5 Å². The number of alkyl halides is 3. The van der Waals surface area contributed by atoms with E-state index in [1.807, 2.05) is 13.0 Å². The average Bonchev–Trinajstić information content (AvgIpc) is 2.82. The minimum atomic E-state index is -4.59. The molecule has 1 atom stereocenters. The first-order valence-corrected chi connectivity index (χ1v) is 11.3. The van der Waals surface area contributed by atoms with Gasteiger partial charge in [0, 0.05) is 17.3 Å². The number of fused-ring (bicyclic) bond motifs is 1. The first kappa shape index (κ1) is 25.2. The van der Waals surface area contributed by atoms with Crippen molar-refractivity contribution in [1.29, 1.82) is 0 Å². The van der Waals surface area contributed by atoms with Crippen LogP contribution >= 0.6 is 0 Å². The number of aryl methyl sites for hydroxylation is 1. The van der Waals surface area contributed by atoms with Gasteiger partial charge >= 0.3 is 18.2 Å². The van der Waals surface area contributed by atoms with Gasteiger partial charge in [-0.3, -0.25) is 24.4 Å². The van der Waals surface area contributed by atoms with Crippen molar-refractivity contribution < 1.29 is 32.3 Å². The molecule has 36 heavy (non-hydrogen) atoms. The maximum Gasteiger partial charge on any atom is 0.416 e. The number of urea groups is 1. The average molecular weight is 499 g/mol. The number of hydrogen-bond donors (Lipinski definition) is 0. The predicted octanol–water partition coefficient (Wildman–Crippen LogP) is 5.02. The minimum Gasteiger partial charge on any atom is -0.465 e. The fourth-order valence-electron chi connectivity index (χ4n) is 4.33. The van der Waals surface area contributed by atoms with Gasteiger partial charge in [-0.2, -0.15) is 13.2 Å². The molecule has 1 aliphatic heterocycles. The molecule has 1 fully saturated rings. The number of amides is 3. The lowest BCUT2D eigenvalue weighted by Gasteiger charge is -2.38. The summed E-state index contributed by atoms with van der Waals surface area (Å²) < 4.78 is 45.3. The topological polar surface area (TPSA) is 79.8 Å². The van der Waals surface area contributed by atoms with Gasteiger partial charge in [0.2, 0.25) is 5.91 Å². The van der Waals surface area contributed by atoms with E-state index in [1.54, 1.807) is 31.3 Å². The van der Waals surface area contributed by atoms with E-state index in [2.05, 4.69) is 4.98 Å². The molecule has 1 unspecified atom stereocenters. The maximum absolute atomic E-state index is 13.5. The fourth-order valence-corrected chi connectivity index (χ4v) is 4.33. The van der Waals surface area contributed by atoms with Gasteiger partial charge in [0.25, 0.3) is 0 Å². The molecule has 4 rings (SSSR count). The number of pyridine rings is 1. The Hall–Kier alpha value is -3.95. The SMILES string of the molecule is CCOC(=O)C1CN(c2ccc3c(C)ccnc3c2)C(=O)N(Cc2cccc(C(F)(F)F)c2C)C1=O. The smallest absolute Gasteiger partial charge is 0.416 e. The Labute approximate surface area is 205 Å². The van der Waals surface area contributed by atoms with Gasteiger partial charge in [-0.05, 0) is 61.7 Å². The summed E-state index contributed by atoms with van der Waals surface area (Å²) in [5.41, 5.74) is 1.19. The third kappa shape index (κ3) is 4.62. The zero-order valence-electron chi connectivity index (χ0n) is 19.9. The second-order valence-corrected chi connectivity index (χ2v) is 8.54. The largest absolute Gasteiger partial charge is 0.465 e. The quantitative estimate of drug-likeness (QED) is 0.364. The number of imide groups is 1. The maximum atomic E-state index is 13.5. The van der Waals surface area contributed by atoms with Crippen molar-refractivity contribution >= 4 is 34.5 Å². The Morgan fingerprint density at radius 1 is 1.14 bits per heavy atom. The van der Waals surface area contributed by atoms with E-state index in [0.717, 1.165) is 21.9 Å². The van der Waals surface area contributed by atoms with Gasteiger partial charge in [-0.25, -0.2) is 4.79 Å². The van der Waals surface area contributed by atoms with Crippen LogP contribution in [0.4, 0.5) is 23.7 Å². The van der Waals surface area contributed by atoms with E-state index >= 15 is 0 Å². The number of aromatic nitrogens is 1. The van der Waals surface area contributed by atoms with E-state index in [0.29, 0.717) is 11.2 Å². The highest BCUT2D eigenvalue weighted by molar-refractivity contribution is 6.12. The molecule has 1 saturated heterocycles. The standard InChI is InChI=1S/C26H24F3N3O4/c1-4-36-24(34)20-14-31(18-8-9-19-15(2)10-11-30-22(19)12-18)25(35)32(23(20)33)13-17-6-5-7-21(16(17)3)26(27,28)29/h5-12,20H,4,13-14H2,1-3H3. The van der Waals surface area contributed by atoms with E-state index in [-0.39, 0.29) is 24.3 Å². The number of hydrogen-bond acceptors (Lipinski definition) is 5. The van der Waals surface area contributed by atoms with Crippen LogP contribution in [0.25, 0.3) is 10.9 Å². The number of esters is 1. The Balaban J connectivity index is 1.75. The monoisotopic (exact) mass is 499 g/mol. The van der Waals surface area contributed by atoms with Crippen molar-refractivity contribution in [2.24, 2.45) is 5.92 Å². The number of halogens is 3. The second kappa shape index (κ2) is 9.60. The lowest BCUT2D eigenvalue weighted by Crippen LogP contribution is -2.58. The van der Waals surface area contributed by atoms with Crippen molar-refractivity contribution in [3.63, 3.8) is 0 Å². The Kier molecular flexibility index (Phi) is 6.71. The molecule has 3 aromatic rings. The van der Waals surface area contributed by atoms with E-state index in [9.17, 15) is 27.6 Å². The van der Waals surface area contributed by atoms with Crippen LogP contribution in [0.15, 0.2) is 48.7 Å². The van der Waals surface area contributed by atoms with Crippen LogP contribution in [-0.2, 0) is 27.0 Å². The molecule has 2 aromatic carbocycles. The molecule has 0 bridgehead atoms. The summed E-state index contributed by atoms with van der Waals surface area (Å²) in [4.78, 5) is 45.8. The summed E-state index contributed by atoms with van der Waals surface area (Å²) >= 11 is 0. The summed E-state index contributed by atoms with van der Waals surface area (Å²) in [6, 6.07) is 9.83. The molecule has 1 aromatic heterocycles. The number of rotatable bonds is 5. The van der Waals surface area contributed by atoms with Gasteiger partial charge in [0.05, 0.1) is 30.8 Å². The highest BCUT2D eigenvalue weighted by atomic mass is 19.4. The van der Waals surface area contributed by atoms with E-state index in [4.69, 9.17) is 4.74 Å². The molecule has 0 N–H and O–H groups in total. The lowest BCUT2D eigenvalue weighted by molar-refractivity contribution is -0.154. The minimum absolute atomic E-state index is 0.0302. The summed E-state index contributed by atoms with van der Waals surface area (Å²) in [5, 5.41) is 0.875. The summed E-state index contributed by atoms with van der Waals surface area (Å²) in [5.74, 6) is -2.95. The second-order valence-electron chi connectivity index (χ2n) is 8.54. The van der Waals surface area contributed by atoms with Gasteiger partial charge in [-0.15, -0.1) is 0 Å². The lowest BCUT2D eigenvalue weighted by atomic mass is 9.99. The van der Waals surface area contributed by atoms with Crippen LogP contribution in [0.2, 0.25) is 0 Å². The summed E-state index contributed by atoms with van der Waals surface area (Å²) in [6.45, 7) is 4.15. The van der Waals surface area contributed by atoms with Gasteiger partial charge < -0.3 is 4.74 Å². The van der Waals surface area contributed by atoms with Gasteiger partial charge in [0.1, 0.15) is 0 Å². The van der Waals surface area contributed by atoms with Crippen LogP contribution < -0.4 is 4.90 Å². The first-order valence-electron chi connectivity index (χ1n) is 11.3. The summed E-state index contributed by atoms with van der Waals surface area (Å²) in [6.07, 6.45) is -2.96. The van der Waals surface area contributed by atoms with Crippen molar-refractivity contribution in [3.05, 3.63) is 70.9 Å². The normalized spacial score (nSPS) is 16.6. The third-order valence-electron chi connectivity index (χ3n) is 6.30. The number of ether oxygens (including phenoxy) is 1. The van der Waals surface area contributed by atoms with Crippen LogP contribution in [0.1, 0.15) is 29.2 Å². The molecule has 188 valence electrons. The highest BCUT2D eigenvalue weighted by Gasteiger charge is 2.44. The molecule has 0 spiro atoms. The zero-order chi connectivity index (χ0) is 26.2. The Morgan fingerprint density at radius 2 is 1.89 bits per heavy atom. The molecule has 0 radical (unpaired) electrons. The molecule has 7 nitrogen and oxygen atoms in total. The number of carbonyl (C=O) groups excluding carboxylic acids is 3. The number of benzene rings is 2. The van der Waals surface area contributed by atoms with Crippen LogP contribution in [-0.4, -0.2) is 40.9 Å². The van der Waals surface area contributed by atoms with Crippen LogP contribution in [0, 0.1) is 19.8 Å². The first-order chi connectivity index (χ1) is 17.0. The molecule has 0 saturated carbocycles. The van der Waals surface area contributed by atoms with E-state index in [1.165, 1.54) is 24.0 Å². The number of nitrogens with zero attached hydrogens (tertiary/aromatic N) is 3. The molecule has 0 aliphatic carbocycles. The van der Waals surface area contributed by atoms with Crippen LogP contribution in [0.5, 0.6) is 0 Å². The van der Waals surface area contributed by atoms with Crippen molar-refractivity contribution in [3.8, 4) is 0 Å². The molecule has 10 heteroatoms. The molecule has 3 amide bonds.